The summed E-state index contributed by atoms with van der Waals surface area (Å²) in [4.78, 5) is 0. The minimum absolute atomic E-state index is 0.0227. The van der Waals surface area contributed by atoms with Gasteiger partial charge in [-0.3, -0.25) is 0 Å². The van der Waals surface area contributed by atoms with Gasteiger partial charge in [-0.25, -0.2) is 4.39 Å². The zero-order valence-corrected chi connectivity index (χ0v) is 9.49. The molecule has 1 atom stereocenters. The van der Waals surface area contributed by atoms with E-state index in [1.54, 1.807) is 6.92 Å². The van der Waals surface area contributed by atoms with Crippen LogP contribution in [0.25, 0.3) is 0 Å². The lowest BCUT2D eigenvalue weighted by molar-refractivity contribution is 0.468. The van der Waals surface area contributed by atoms with E-state index in [1.807, 2.05) is 6.92 Å². The van der Waals surface area contributed by atoms with Gasteiger partial charge < -0.3 is 0 Å². The molecule has 13 heavy (non-hydrogen) atoms. The van der Waals surface area contributed by atoms with E-state index in [-0.39, 0.29) is 5.83 Å². The topological polar surface area (TPSA) is 0 Å². The van der Waals surface area contributed by atoms with Crippen LogP contribution in [0.2, 0.25) is 0 Å². The lowest BCUT2D eigenvalue weighted by Gasteiger charge is -2.16. The molecule has 0 amide bonds. The maximum absolute atomic E-state index is 13.0. The van der Waals surface area contributed by atoms with Gasteiger partial charge in [0.1, 0.15) is 0 Å². The van der Waals surface area contributed by atoms with Crippen LogP contribution in [-0.4, -0.2) is 0 Å². The molecule has 0 bridgehead atoms. The van der Waals surface area contributed by atoms with Crippen molar-refractivity contribution in [2.75, 3.05) is 0 Å². The summed E-state index contributed by atoms with van der Waals surface area (Å²) < 4.78 is 13.0. The fourth-order valence-corrected chi connectivity index (χ4v) is 1.66. The third kappa shape index (κ3) is 5.07. The van der Waals surface area contributed by atoms with Crippen molar-refractivity contribution in [2.24, 2.45) is 5.92 Å². The SMILES string of the molecule is CCCCC(CCC)/C(C)=C(/C)F. The van der Waals surface area contributed by atoms with E-state index in [4.69, 9.17) is 0 Å². The summed E-state index contributed by atoms with van der Waals surface area (Å²) in [5, 5.41) is 0. The van der Waals surface area contributed by atoms with Crippen LogP contribution >= 0.6 is 0 Å². The molecule has 0 aliphatic heterocycles. The molecule has 78 valence electrons. The fraction of sp³-hybridized carbons (Fsp3) is 0.833. The Morgan fingerprint density at radius 2 is 1.69 bits per heavy atom. The van der Waals surface area contributed by atoms with Gasteiger partial charge in [0.25, 0.3) is 0 Å². The van der Waals surface area contributed by atoms with Gasteiger partial charge >= 0.3 is 0 Å². The van der Waals surface area contributed by atoms with Gasteiger partial charge in [-0.05, 0) is 38.2 Å². The van der Waals surface area contributed by atoms with Crippen LogP contribution in [-0.2, 0) is 0 Å². The van der Waals surface area contributed by atoms with Gasteiger partial charge in [0.2, 0.25) is 0 Å². The summed E-state index contributed by atoms with van der Waals surface area (Å²) in [5.41, 5.74) is 0.968. The predicted molar refractivity (Wildman–Crippen MR) is 57.4 cm³/mol. The van der Waals surface area contributed by atoms with Crippen molar-refractivity contribution in [3.8, 4) is 0 Å². The van der Waals surface area contributed by atoms with Crippen molar-refractivity contribution in [3.05, 3.63) is 11.4 Å². The lowest BCUT2D eigenvalue weighted by Crippen LogP contribution is -2.03. The summed E-state index contributed by atoms with van der Waals surface area (Å²) in [5.74, 6) is 0.504. The second-order valence-corrected chi connectivity index (χ2v) is 3.84. The highest BCUT2D eigenvalue weighted by atomic mass is 19.1. The highest BCUT2D eigenvalue weighted by Gasteiger charge is 2.11. The molecule has 0 aliphatic carbocycles. The Bertz CT molecular complexity index is 155. The molecule has 0 heterocycles. The van der Waals surface area contributed by atoms with Crippen molar-refractivity contribution >= 4 is 0 Å². The molecule has 0 spiro atoms. The molecule has 1 heteroatoms. The number of allylic oxidation sites excluding steroid dienone is 2. The minimum Gasteiger partial charge on any atom is -0.212 e. The Labute approximate surface area is 82.2 Å². The summed E-state index contributed by atoms with van der Waals surface area (Å²) in [6.07, 6.45) is 5.86. The molecular formula is C12H23F. The maximum atomic E-state index is 13.0. The van der Waals surface area contributed by atoms with Crippen LogP contribution in [0.4, 0.5) is 4.39 Å². The third-order valence-corrected chi connectivity index (χ3v) is 2.70. The van der Waals surface area contributed by atoms with Crippen molar-refractivity contribution in [3.63, 3.8) is 0 Å². The van der Waals surface area contributed by atoms with Crippen LogP contribution in [0.3, 0.4) is 0 Å². The van der Waals surface area contributed by atoms with E-state index < -0.39 is 0 Å². The lowest BCUT2D eigenvalue weighted by atomic mass is 9.90. The number of hydrogen-bond donors (Lipinski definition) is 0. The monoisotopic (exact) mass is 186 g/mol. The van der Waals surface area contributed by atoms with Crippen molar-refractivity contribution in [2.45, 2.75) is 59.8 Å². The number of unbranched alkanes of at least 4 members (excludes halogenated alkanes) is 1. The average molecular weight is 186 g/mol. The van der Waals surface area contributed by atoms with Crippen LogP contribution < -0.4 is 0 Å². The number of rotatable bonds is 6. The van der Waals surface area contributed by atoms with Crippen molar-refractivity contribution < 1.29 is 4.39 Å². The summed E-state index contributed by atoms with van der Waals surface area (Å²) in [7, 11) is 0. The Hall–Kier alpha value is -0.330. The summed E-state index contributed by atoms with van der Waals surface area (Å²) in [6.45, 7) is 7.86. The van der Waals surface area contributed by atoms with E-state index in [0.717, 1.165) is 24.8 Å². The molecule has 0 radical (unpaired) electrons. The number of halogens is 1. The Morgan fingerprint density at radius 1 is 1.08 bits per heavy atom. The fourth-order valence-electron chi connectivity index (χ4n) is 1.66. The first-order valence-corrected chi connectivity index (χ1v) is 5.46. The Kier molecular flexibility index (Phi) is 6.93. The third-order valence-electron chi connectivity index (χ3n) is 2.70. The standard InChI is InChI=1S/C12H23F/c1-5-7-9-12(8-6-2)10(3)11(4)13/h12H,5-9H2,1-4H3/b11-10-. The minimum atomic E-state index is 0.0227. The largest absolute Gasteiger partial charge is 0.212 e. The number of hydrogen-bond acceptors (Lipinski definition) is 0. The molecule has 0 N–H and O–H groups in total. The smallest absolute Gasteiger partial charge is 0.0960 e. The van der Waals surface area contributed by atoms with Crippen molar-refractivity contribution in [1.82, 2.24) is 0 Å². The first-order valence-electron chi connectivity index (χ1n) is 5.46. The van der Waals surface area contributed by atoms with Crippen LogP contribution in [0, 0.1) is 5.92 Å². The molecule has 0 fully saturated rings. The molecule has 0 saturated heterocycles. The van der Waals surface area contributed by atoms with E-state index in [0.29, 0.717) is 5.92 Å². The van der Waals surface area contributed by atoms with E-state index in [1.165, 1.54) is 12.8 Å². The first-order chi connectivity index (χ1) is 6.13. The second kappa shape index (κ2) is 7.11. The molecule has 0 aromatic rings. The predicted octanol–water partition coefficient (Wildman–Crippen LogP) is 4.86. The Morgan fingerprint density at radius 3 is 2.08 bits per heavy atom. The molecular weight excluding hydrogens is 163 g/mol. The van der Waals surface area contributed by atoms with Gasteiger partial charge in [-0.2, -0.15) is 0 Å². The highest BCUT2D eigenvalue weighted by Crippen LogP contribution is 2.25. The zero-order valence-electron chi connectivity index (χ0n) is 9.49. The zero-order chi connectivity index (χ0) is 10.3. The van der Waals surface area contributed by atoms with Gasteiger partial charge in [0, 0.05) is 0 Å². The highest BCUT2D eigenvalue weighted by molar-refractivity contribution is 5.06. The maximum Gasteiger partial charge on any atom is 0.0960 e. The van der Waals surface area contributed by atoms with E-state index in [2.05, 4.69) is 13.8 Å². The first kappa shape index (κ1) is 12.7. The average Bonchev–Trinajstić information content (AvgIpc) is 2.11. The quantitative estimate of drug-likeness (QED) is 0.556. The van der Waals surface area contributed by atoms with Gasteiger partial charge in [-0.15, -0.1) is 0 Å². The van der Waals surface area contributed by atoms with Crippen LogP contribution in [0.5, 0.6) is 0 Å². The molecule has 0 saturated carbocycles. The molecule has 0 aromatic carbocycles. The van der Waals surface area contributed by atoms with Gasteiger partial charge in [0.05, 0.1) is 5.83 Å². The molecule has 0 rings (SSSR count). The van der Waals surface area contributed by atoms with E-state index in [9.17, 15) is 4.39 Å². The molecule has 0 nitrogen and oxygen atoms in total. The van der Waals surface area contributed by atoms with Crippen molar-refractivity contribution in [1.29, 1.82) is 0 Å². The molecule has 1 unspecified atom stereocenters. The molecule has 0 aromatic heterocycles. The summed E-state index contributed by atoms with van der Waals surface area (Å²) >= 11 is 0. The van der Waals surface area contributed by atoms with Crippen LogP contribution in [0.1, 0.15) is 59.8 Å². The van der Waals surface area contributed by atoms with E-state index >= 15 is 0 Å². The molecule has 0 aliphatic rings. The Balaban J connectivity index is 4.15. The van der Waals surface area contributed by atoms with Gasteiger partial charge in [-0.1, -0.05) is 33.1 Å². The second-order valence-electron chi connectivity index (χ2n) is 3.84. The normalized spacial score (nSPS) is 15.5. The summed E-state index contributed by atoms with van der Waals surface area (Å²) in [6, 6.07) is 0. The van der Waals surface area contributed by atoms with Crippen LogP contribution in [0.15, 0.2) is 11.4 Å². The van der Waals surface area contributed by atoms with Gasteiger partial charge in [0.15, 0.2) is 0 Å².